The summed E-state index contributed by atoms with van der Waals surface area (Å²) in [5.74, 6) is 0.907. The van der Waals surface area contributed by atoms with E-state index in [1.165, 1.54) is 11.1 Å². The van der Waals surface area contributed by atoms with E-state index < -0.39 is 0 Å². The molecular weight excluding hydrogens is 262 g/mol. The third kappa shape index (κ3) is 4.06. The van der Waals surface area contributed by atoms with Crippen LogP contribution in [0.1, 0.15) is 35.2 Å². The molecule has 0 aliphatic heterocycles. The summed E-state index contributed by atoms with van der Waals surface area (Å²) >= 11 is 0. The first-order chi connectivity index (χ1) is 10.1. The van der Waals surface area contributed by atoms with Crippen molar-refractivity contribution in [3.8, 4) is 5.75 Å². The molecule has 0 aromatic heterocycles. The summed E-state index contributed by atoms with van der Waals surface area (Å²) in [6.45, 7) is 5.05. The molecule has 0 heterocycles. The molecule has 0 saturated carbocycles. The summed E-state index contributed by atoms with van der Waals surface area (Å²) in [6.07, 6.45) is 0. The molecule has 0 bridgehead atoms. The average molecular weight is 285 g/mol. The highest BCUT2D eigenvalue weighted by molar-refractivity contribution is 5.39. The number of aliphatic hydroxyl groups excluding tert-OH is 1. The second-order valence-electron chi connectivity index (χ2n) is 5.33. The molecule has 0 aliphatic carbocycles. The normalized spacial score (nSPS) is 12.2. The summed E-state index contributed by atoms with van der Waals surface area (Å²) in [5, 5.41) is 12.7. The molecule has 2 aromatic rings. The molecule has 1 unspecified atom stereocenters. The molecule has 1 atom stereocenters. The molecule has 0 saturated heterocycles. The first-order valence-corrected chi connectivity index (χ1v) is 7.20. The van der Waals surface area contributed by atoms with Gasteiger partial charge in [0.05, 0.1) is 13.7 Å². The van der Waals surface area contributed by atoms with Gasteiger partial charge in [-0.25, -0.2) is 0 Å². The Morgan fingerprint density at radius 1 is 1.14 bits per heavy atom. The minimum atomic E-state index is 0.0785. The van der Waals surface area contributed by atoms with E-state index in [1.54, 1.807) is 7.11 Å². The number of hydrogen-bond donors (Lipinski definition) is 2. The van der Waals surface area contributed by atoms with E-state index in [0.29, 0.717) is 0 Å². The topological polar surface area (TPSA) is 41.5 Å². The fourth-order valence-electron chi connectivity index (χ4n) is 2.41. The van der Waals surface area contributed by atoms with Gasteiger partial charge in [-0.15, -0.1) is 0 Å². The molecule has 0 aliphatic rings. The highest BCUT2D eigenvalue weighted by Crippen LogP contribution is 2.26. The Hall–Kier alpha value is -1.84. The van der Waals surface area contributed by atoms with Crippen molar-refractivity contribution in [2.24, 2.45) is 0 Å². The maximum atomic E-state index is 9.18. The van der Waals surface area contributed by atoms with E-state index in [1.807, 2.05) is 24.3 Å². The Balaban J connectivity index is 2.07. The van der Waals surface area contributed by atoms with Crippen LogP contribution in [0.15, 0.2) is 42.5 Å². The maximum Gasteiger partial charge on any atom is 0.123 e. The fraction of sp³-hybridized carbons (Fsp3) is 0.333. The first kappa shape index (κ1) is 15.5. The lowest BCUT2D eigenvalue weighted by atomic mass is 10.0. The van der Waals surface area contributed by atoms with Crippen LogP contribution < -0.4 is 10.1 Å². The van der Waals surface area contributed by atoms with Crippen LogP contribution in [0.3, 0.4) is 0 Å². The van der Waals surface area contributed by atoms with Crippen molar-refractivity contribution in [3.05, 3.63) is 64.7 Å². The molecule has 2 rings (SSSR count). The number of aliphatic hydroxyl groups is 1. The van der Waals surface area contributed by atoms with Gasteiger partial charge in [0.2, 0.25) is 0 Å². The van der Waals surface area contributed by atoms with E-state index in [2.05, 4.69) is 37.4 Å². The molecule has 0 radical (unpaired) electrons. The van der Waals surface area contributed by atoms with Crippen LogP contribution >= 0.6 is 0 Å². The lowest BCUT2D eigenvalue weighted by Crippen LogP contribution is -2.19. The van der Waals surface area contributed by atoms with Gasteiger partial charge in [0.1, 0.15) is 5.75 Å². The molecule has 3 nitrogen and oxygen atoms in total. The van der Waals surface area contributed by atoms with Gasteiger partial charge in [-0.1, -0.05) is 42.0 Å². The molecule has 112 valence electrons. The van der Waals surface area contributed by atoms with Gasteiger partial charge < -0.3 is 15.2 Å². The minimum absolute atomic E-state index is 0.0785. The van der Waals surface area contributed by atoms with Crippen molar-refractivity contribution in [2.75, 3.05) is 7.11 Å². The number of aryl methyl sites for hydroxylation is 1. The number of ether oxygens (including phenoxy) is 1. The standard InChI is InChI=1S/C18H23NO2/c1-13-7-8-18(21-3)17(9-13)14(2)19-11-15-5-4-6-16(10-15)12-20/h4-10,14,19-20H,11-12H2,1-3H3. The zero-order valence-electron chi connectivity index (χ0n) is 12.9. The van der Waals surface area contributed by atoms with Crippen LogP contribution in [0, 0.1) is 6.92 Å². The average Bonchev–Trinajstić information content (AvgIpc) is 2.52. The van der Waals surface area contributed by atoms with E-state index in [4.69, 9.17) is 4.74 Å². The smallest absolute Gasteiger partial charge is 0.123 e. The van der Waals surface area contributed by atoms with E-state index in [-0.39, 0.29) is 12.6 Å². The molecule has 2 aromatic carbocycles. The van der Waals surface area contributed by atoms with Gasteiger partial charge in [0.15, 0.2) is 0 Å². The number of hydrogen-bond acceptors (Lipinski definition) is 3. The fourth-order valence-corrected chi connectivity index (χ4v) is 2.41. The number of nitrogens with one attached hydrogen (secondary N) is 1. The van der Waals surface area contributed by atoms with Crippen molar-refractivity contribution in [1.82, 2.24) is 5.32 Å². The Kier molecular flexibility index (Phi) is 5.37. The molecule has 21 heavy (non-hydrogen) atoms. The van der Waals surface area contributed by atoms with Gasteiger partial charge in [-0.2, -0.15) is 0 Å². The van der Waals surface area contributed by atoms with E-state index in [0.717, 1.165) is 23.4 Å². The quantitative estimate of drug-likeness (QED) is 0.855. The van der Waals surface area contributed by atoms with Crippen molar-refractivity contribution >= 4 is 0 Å². The molecule has 3 heteroatoms. The summed E-state index contributed by atoms with van der Waals surface area (Å²) in [4.78, 5) is 0. The number of benzene rings is 2. The lowest BCUT2D eigenvalue weighted by Gasteiger charge is -2.18. The molecular formula is C18H23NO2. The Bertz CT molecular complexity index is 596. The molecule has 0 fully saturated rings. The zero-order valence-corrected chi connectivity index (χ0v) is 12.9. The van der Waals surface area contributed by atoms with Gasteiger partial charge in [-0.05, 0) is 31.0 Å². The predicted molar refractivity (Wildman–Crippen MR) is 85.4 cm³/mol. The summed E-state index contributed by atoms with van der Waals surface area (Å²) < 4.78 is 5.44. The molecule has 0 spiro atoms. The number of rotatable bonds is 6. The largest absolute Gasteiger partial charge is 0.496 e. The molecule has 0 amide bonds. The Morgan fingerprint density at radius 3 is 2.62 bits per heavy atom. The Morgan fingerprint density at radius 2 is 1.90 bits per heavy atom. The van der Waals surface area contributed by atoms with Gasteiger partial charge in [0, 0.05) is 18.2 Å². The van der Waals surface area contributed by atoms with Crippen LogP contribution in [0.4, 0.5) is 0 Å². The van der Waals surface area contributed by atoms with Crippen LogP contribution in [0.2, 0.25) is 0 Å². The lowest BCUT2D eigenvalue weighted by molar-refractivity contribution is 0.281. The third-order valence-corrected chi connectivity index (χ3v) is 3.64. The highest BCUT2D eigenvalue weighted by atomic mass is 16.5. The second-order valence-corrected chi connectivity index (χ2v) is 5.33. The van der Waals surface area contributed by atoms with Crippen molar-refractivity contribution < 1.29 is 9.84 Å². The first-order valence-electron chi connectivity index (χ1n) is 7.20. The minimum Gasteiger partial charge on any atom is -0.496 e. The van der Waals surface area contributed by atoms with Gasteiger partial charge >= 0.3 is 0 Å². The summed E-state index contributed by atoms with van der Waals surface area (Å²) in [5.41, 5.74) is 4.49. The monoisotopic (exact) mass is 285 g/mol. The van der Waals surface area contributed by atoms with Crippen molar-refractivity contribution in [2.45, 2.75) is 33.0 Å². The zero-order chi connectivity index (χ0) is 15.2. The third-order valence-electron chi connectivity index (χ3n) is 3.64. The highest BCUT2D eigenvalue weighted by Gasteiger charge is 2.11. The predicted octanol–water partition coefficient (Wildman–Crippen LogP) is 3.35. The Labute approximate surface area is 126 Å². The second kappa shape index (κ2) is 7.25. The summed E-state index contributed by atoms with van der Waals surface area (Å²) in [7, 11) is 1.70. The number of methoxy groups -OCH3 is 1. The molecule has 2 N–H and O–H groups in total. The SMILES string of the molecule is COc1ccc(C)cc1C(C)NCc1cccc(CO)c1. The van der Waals surface area contributed by atoms with Crippen LogP contribution in [-0.4, -0.2) is 12.2 Å². The van der Waals surface area contributed by atoms with E-state index >= 15 is 0 Å². The van der Waals surface area contributed by atoms with Crippen LogP contribution in [0.25, 0.3) is 0 Å². The maximum absolute atomic E-state index is 9.18. The van der Waals surface area contributed by atoms with Crippen LogP contribution in [0.5, 0.6) is 5.75 Å². The van der Waals surface area contributed by atoms with Crippen LogP contribution in [-0.2, 0) is 13.2 Å². The van der Waals surface area contributed by atoms with E-state index in [9.17, 15) is 5.11 Å². The van der Waals surface area contributed by atoms with Gasteiger partial charge in [-0.3, -0.25) is 0 Å². The van der Waals surface area contributed by atoms with Crippen molar-refractivity contribution in [1.29, 1.82) is 0 Å². The summed E-state index contributed by atoms with van der Waals surface area (Å²) in [6, 6.07) is 14.4. The van der Waals surface area contributed by atoms with Crippen molar-refractivity contribution in [3.63, 3.8) is 0 Å². The van der Waals surface area contributed by atoms with Gasteiger partial charge in [0.25, 0.3) is 0 Å².